The summed E-state index contributed by atoms with van der Waals surface area (Å²) in [6, 6.07) is 3.80. The Morgan fingerprint density at radius 3 is 2.88 bits per heavy atom. The lowest BCUT2D eigenvalue weighted by Crippen LogP contribution is -2.28. The number of nitrogens with zero attached hydrogens (tertiary/aromatic N) is 1. The van der Waals surface area contributed by atoms with Crippen LogP contribution in [0.4, 0.5) is 0 Å². The number of rotatable bonds is 3. The van der Waals surface area contributed by atoms with E-state index in [1.807, 2.05) is 18.3 Å². The summed E-state index contributed by atoms with van der Waals surface area (Å²) in [5.41, 5.74) is 0.563. The summed E-state index contributed by atoms with van der Waals surface area (Å²) < 4.78 is 0. The number of carboxylic acid groups (broad SMARTS) is 1. The van der Waals surface area contributed by atoms with Crippen LogP contribution in [0.25, 0.3) is 10.7 Å². The second kappa shape index (κ2) is 3.75. The SMILES string of the molecule is CC(C)(C(=O)O)c1csc(-c2ccc[nH]2)n1. The third-order valence-electron chi connectivity index (χ3n) is 2.51. The molecule has 0 aliphatic rings. The molecule has 16 heavy (non-hydrogen) atoms. The smallest absolute Gasteiger partial charge is 0.315 e. The van der Waals surface area contributed by atoms with Crippen LogP contribution >= 0.6 is 11.3 Å². The number of hydrogen-bond acceptors (Lipinski definition) is 3. The summed E-state index contributed by atoms with van der Waals surface area (Å²) in [5, 5.41) is 11.7. The van der Waals surface area contributed by atoms with Crippen molar-refractivity contribution >= 4 is 17.3 Å². The molecule has 0 spiro atoms. The van der Waals surface area contributed by atoms with Crippen molar-refractivity contribution in [2.24, 2.45) is 0 Å². The number of H-pyrrole nitrogens is 1. The Morgan fingerprint density at radius 2 is 2.31 bits per heavy atom. The molecule has 0 radical (unpaired) electrons. The standard InChI is InChI=1S/C11H12N2O2S/c1-11(2,10(14)15)8-6-16-9(13-8)7-4-3-5-12-7/h3-6,12H,1-2H3,(H,14,15). The topological polar surface area (TPSA) is 66.0 Å². The fourth-order valence-corrected chi connectivity index (χ4v) is 2.23. The average Bonchev–Trinajstić information content (AvgIpc) is 2.88. The zero-order valence-corrected chi connectivity index (χ0v) is 9.84. The Labute approximate surface area is 97.0 Å². The molecule has 84 valence electrons. The molecule has 0 atom stereocenters. The summed E-state index contributed by atoms with van der Waals surface area (Å²) in [7, 11) is 0. The quantitative estimate of drug-likeness (QED) is 0.860. The van der Waals surface area contributed by atoms with E-state index in [0.29, 0.717) is 5.69 Å². The van der Waals surface area contributed by atoms with Crippen molar-refractivity contribution in [2.75, 3.05) is 0 Å². The molecule has 2 aromatic rings. The van der Waals surface area contributed by atoms with Crippen LogP contribution in [0.15, 0.2) is 23.7 Å². The van der Waals surface area contributed by atoms with Gasteiger partial charge in [0.25, 0.3) is 0 Å². The zero-order valence-electron chi connectivity index (χ0n) is 9.02. The van der Waals surface area contributed by atoms with Crippen LogP contribution in [0.2, 0.25) is 0 Å². The molecule has 2 rings (SSSR count). The number of aliphatic carboxylic acids is 1. The van der Waals surface area contributed by atoms with E-state index >= 15 is 0 Å². The largest absolute Gasteiger partial charge is 0.481 e. The highest BCUT2D eigenvalue weighted by Gasteiger charge is 2.32. The van der Waals surface area contributed by atoms with E-state index < -0.39 is 11.4 Å². The van der Waals surface area contributed by atoms with E-state index in [0.717, 1.165) is 10.7 Å². The second-order valence-corrected chi connectivity index (χ2v) is 4.91. The molecule has 2 aromatic heterocycles. The van der Waals surface area contributed by atoms with E-state index in [2.05, 4.69) is 9.97 Å². The Kier molecular flexibility index (Phi) is 2.55. The molecule has 0 saturated carbocycles. The first-order valence-electron chi connectivity index (χ1n) is 4.85. The fourth-order valence-electron chi connectivity index (χ4n) is 1.26. The van der Waals surface area contributed by atoms with Crippen molar-refractivity contribution < 1.29 is 9.90 Å². The van der Waals surface area contributed by atoms with E-state index in [1.54, 1.807) is 19.2 Å². The van der Waals surface area contributed by atoms with Gasteiger partial charge in [0.05, 0.1) is 11.4 Å². The molecule has 0 unspecified atom stereocenters. The monoisotopic (exact) mass is 236 g/mol. The molecule has 0 bridgehead atoms. The molecule has 5 heteroatoms. The summed E-state index contributed by atoms with van der Waals surface area (Å²) >= 11 is 1.45. The van der Waals surface area contributed by atoms with E-state index in [9.17, 15) is 4.79 Å². The Hall–Kier alpha value is -1.62. The summed E-state index contributed by atoms with van der Waals surface area (Å²) in [4.78, 5) is 18.5. The van der Waals surface area contributed by atoms with Crippen molar-refractivity contribution in [3.8, 4) is 10.7 Å². The number of carboxylic acids is 1. The van der Waals surface area contributed by atoms with Crippen LogP contribution in [0.3, 0.4) is 0 Å². The second-order valence-electron chi connectivity index (χ2n) is 4.05. The maximum Gasteiger partial charge on any atom is 0.315 e. The first-order chi connectivity index (χ1) is 7.51. The highest BCUT2D eigenvalue weighted by Crippen LogP contribution is 2.29. The Morgan fingerprint density at radius 1 is 1.56 bits per heavy atom. The molecule has 4 nitrogen and oxygen atoms in total. The van der Waals surface area contributed by atoms with Crippen molar-refractivity contribution in [2.45, 2.75) is 19.3 Å². The number of nitrogens with one attached hydrogen (secondary N) is 1. The average molecular weight is 236 g/mol. The van der Waals surface area contributed by atoms with Gasteiger partial charge in [0.2, 0.25) is 0 Å². The highest BCUT2D eigenvalue weighted by atomic mass is 32.1. The number of aromatic nitrogens is 2. The third kappa shape index (κ3) is 1.74. The Balaban J connectivity index is 2.37. The fraction of sp³-hybridized carbons (Fsp3) is 0.273. The minimum absolute atomic E-state index is 0.592. The van der Waals surface area contributed by atoms with Gasteiger partial charge in [-0.2, -0.15) is 0 Å². The highest BCUT2D eigenvalue weighted by molar-refractivity contribution is 7.13. The molecule has 0 aromatic carbocycles. The van der Waals surface area contributed by atoms with Crippen LogP contribution in [0.5, 0.6) is 0 Å². The summed E-state index contributed by atoms with van der Waals surface area (Å²) in [5.74, 6) is -0.865. The van der Waals surface area contributed by atoms with Gasteiger partial charge in [-0.1, -0.05) is 0 Å². The van der Waals surface area contributed by atoms with Gasteiger partial charge < -0.3 is 10.1 Å². The number of hydrogen-bond donors (Lipinski definition) is 2. The molecule has 0 amide bonds. The zero-order chi connectivity index (χ0) is 11.8. The van der Waals surface area contributed by atoms with Crippen molar-refractivity contribution in [1.29, 1.82) is 0 Å². The van der Waals surface area contributed by atoms with Crippen molar-refractivity contribution in [3.05, 3.63) is 29.4 Å². The van der Waals surface area contributed by atoms with E-state index in [-0.39, 0.29) is 0 Å². The van der Waals surface area contributed by atoms with Gasteiger partial charge in [0.15, 0.2) is 0 Å². The van der Waals surface area contributed by atoms with Gasteiger partial charge in [-0.05, 0) is 26.0 Å². The lowest BCUT2D eigenvalue weighted by atomic mass is 9.90. The van der Waals surface area contributed by atoms with Gasteiger partial charge in [-0.3, -0.25) is 4.79 Å². The van der Waals surface area contributed by atoms with Crippen LogP contribution in [0.1, 0.15) is 19.5 Å². The molecular formula is C11H12N2O2S. The summed E-state index contributed by atoms with van der Waals surface area (Å²) in [6.07, 6.45) is 1.82. The molecule has 0 aliphatic carbocycles. The molecule has 0 fully saturated rings. The van der Waals surface area contributed by atoms with Crippen LogP contribution in [-0.4, -0.2) is 21.0 Å². The third-order valence-corrected chi connectivity index (χ3v) is 3.38. The number of aromatic amines is 1. The lowest BCUT2D eigenvalue weighted by Gasteiger charge is -2.15. The predicted molar refractivity (Wildman–Crippen MR) is 62.6 cm³/mol. The lowest BCUT2D eigenvalue weighted by molar-refractivity contribution is -0.142. The van der Waals surface area contributed by atoms with E-state index in [4.69, 9.17) is 5.11 Å². The van der Waals surface area contributed by atoms with Crippen LogP contribution < -0.4 is 0 Å². The minimum atomic E-state index is -0.943. The van der Waals surface area contributed by atoms with Crippen molar-refractivity contribution in [1.82, 2.24) is 9.97 Å². The molecule has 2 N–H and O–H groups in total. The predicted octanol–water partition coefficient (Wildman–Crippen LogP) is 2.50. The summed E-state index contributed by atoms with van der Waals surface area (Å²) in [6.45, 7) is 3.31. The number of carbonyl (C=O) groups is 1. The van der Waals surface area contributed by atoms with Crippen LogP contribution in [0, 0.1) is 0 Å². The van der Waals surface area contributed by atoms with Crippen LogP contribution in [-0.2, 0) is 10.2 Å². The van der Waals surface area contributed by atoms with Gasteiger partial charge >= 0.3 is 5.97 Å². The molecule has 2 heterocycles. The molecule has 0 aliphatic heterocycles. The first-order valence-corrected chi connectivity index (χ1v) is 5.73. The van der Waals surface area contributed by atoms with Gasteiger partial charge in [-0.25, -0.2) is 4.98 Å². The van der Waals surface area contributed by atoms with E-state index in [1.165, 1.54) is 11.3 Å². The maximum atomic E-state index is 11.1. The van der Waals surface area contributed by atoms with Gasteiger partial charge in [0.1, 0.15) is 10.4 Å². The maximum absolute atomic E-state index is 11.1. The normalized spacial score (nSPS) is 11.6. The molecule has 0 saturated heterocycles. The van der Waals surface area contributed by atoms with Gasteiger partial charge in [0, 0.05) is 11.6 Å². The first kappa shape index (κ1) is 10.9. The number of thiazole rings is 1. The Bertz CT molecular complexity index is 500. The molecular weight excluding hydrogens is 224 g/mol. The van der Waals surface area contributed by atoms with Crippen molar-refractivity contribution in [3.63, 3.8) is 0 Å². The minimum Gasteiger partial charge on any atom is -0.481 e. The van der Waals surface area contributed by atoms with Gasteiger partial charge in [-0.15, -0.1) is 11.3 Å².